The Bertz CT molecular complexity index is 421. The smallest absolute Gasteiger partial charge is 0.130 e. The third kappa shape index (κ3) is 3.25. The third-order valence-corrected chi connectivity index (χ3v) is 4.05. The molecule has 2 fully saturated rings. The van der Waals surface area contributed by atoms with E-state index >= 15 is 0 Å². The molecule has 0 spiro atoms. The summed E-state index contributed by atoms with van der Waals surface area (Å²) >= 11 is 0. The molecule has 0 aromatic heterocycles. The maximum atomic E-state index is 13.6. The zero-order chi connectivity index (χ0) is 12.5. The molecule has 1 aromatic carbocycles. The van der Waals surface area contributed by atoms with Gasteiger partial charge in [0.15, 0.2) is 0 Å². The number of hydrogen-bond donors (Lipinski definition) is 1. The minimum absolute atomic E-state index is 0. The van der Waals surface area contributed by atoms with Gasteiger partial charge in [-0.05, 0) is 31.4 Å². The van der Waals surface area contributed by atoms with Gasteiger partial charge in [-0.25, -0.2) is 8.78 Å². The highest BCUT2D eigenvalue weighted by molar-refractivity contribution is 5.85. The average molecular weight is 289 g/mol. The molecule has 2 bridgehead atoms. The average Bonchev–Trinajstić information content (AvgIpc) is 2.67. The molecule has 106 valence electrons. The first kappa shape index (κ1) is 14.7. The first-order chi connectivity index (χ1) is 8.72. The molecule has 3 rings (SSSR count). The standard InChI is InChI=1S/C14H18F2N2.ClH/c15-13-2-1-3-14(16)12(13)9-18-7-6-10-4-5-11(8-18)17-10;/h1-3,10-11,17H,4-9H2;1H. The number of likely N-dealkylation sites (tertiary alicyclic amines) is 1. The van der Waals surface area contributed by atoms with E-state index in [0.29, 0.717) is 18.6 Å². The molecule has 0 amide bonds. The highest BCUT2D eigenvalue weighted by atomic mass is 35.5. The topological polar surface area (TPSA) is 15.3 Å². The largest absolute Gasteiger partial charge is 0.310 e. The molecule has 1 aromatic rings. The molecular weight excluding hydrogens is 270 g/mol. The van der Waals surface area contributed by atoms with Gasteiger partial charge in [-0.1, -0.05) is 6.07 Å². The van der Waals surface area contributed by atoms with Gasteiger partial charge in [0.2, 0.25) is 0 Å². The molecular formula is C14H19ClF2N2. The zero-order valence-corrected chi connectivity index (χ0v) is 11.6. The van der Waals surface area contributed by atoms with Gasteiger partial charge in [0.25, 0.3) is 0 Å². The van der Waals surface area contributed by atoms with E-state index in [-0.39, 0.29) is 18.0 Å². The van der Waals surface area contributed by atoms with Crippen molar-refractivity contribution in [3.8, 4) is 0 Å². The van der Waals surface area contributed by atoms with Crippen LogP contribution in [-0.2, 0) is 6.54 Å². The fourth-order valence-electron chi connectivity index (χ4n) is 3.07. The van der Waals surface area contributed by atoms with Crippen molar-refractivity contribution in [3.63, 3.8) is 0 Å². The van der Waals surface area contributed by atoms with E-state index in [1.54, 1.807) is 0 Å². The van der Waals surface area contributed by atoms with Crippen LogP contribution in [0.1, 0.15) is 24.8 Å². The molecule has 2 atom stereocenters. The third-order valence-electron chi connectivity index (χ3n) is 4.05. The van der Waals surface area contributed by atoms with Gasteiger partial charge in [0.05, 0.1) is 0 Å². The second-order valence-electron chi connectivity index (χ2n) is 5.36. The highest BCUT2D eigenvalue weighted by Gasteiger charge is 2.29. The van der Waals surface area contributed by atoms with E-state index < -0.39 is 11.6 Å². The van der Waals surface area contributed by atoms with E-state index in [2.05, 4.69) is 10.2 Å². The van der Waals surface area contributed by atoms with Gasteiger partial charge in [-0.15, -0.1) is 12.4 Å². The number of nitrogens with one attached hydrogen (secondary N) is 1. The highest BCUT2D eigenvalue weighted by Crippen LogP contribution is 2.22. The fraction of sp³-hybridized carbons (Fsp3) is 0.571. The van der Waals surface area contributed by atoms with Crippen LogP contribution in [0.5, 0.6) is 0 Å². The summed E-state index contributed by atoms with van der Waals surface area (Å²) in [6.45, 7) is 2.19. The number of hydrogen-bond acceptors (Lipinski definition) is 2. The van der Waals surface area contributed by atoms with Crippen molar-refractivity contribution >= 4 is 12.4 Å². The Hall–Kier alpha value is -0.710. The number of halogens is 3. The number of benzene rings is 1. The molecule has 2 heterocycles. The quantitative estimate of drug-likeness (QED) is 0.900. The summed E-state index contributed by atoms with van der Waals surface area (Å²) in [6.07, 6.45) is 3.50. The van der Waals surface area contributed by atoms with Crippen LogP contribution in [0.3, 0.4) is 0 Å². The van der Waals surface area contributed by atoms with Crippen LogP contribution in [0.25, 0.3) is 0 Å². The van der Waals surface area contributed by atoms with E-state index in [1.165, 1.54) is 31.0 Å². The number of nitrogens with zero attached hydrogens (tertiary/aromatic N) is 1. The monoisotopic (exact) mass is 288 g/mol. The summed E-state index contributed by atoms with van der Waals surface area (Å²) in [7, 11) is 0. The summed E-state index contributed by atoms with van der Waals surface area (Å²) in [5, 5.41) is 3.57. The van der Waals surface area contributed by atoms with Crippen molar-refractivity contribution in [2.45, 2.75) is 37.9 Å². The second-order valence-corrected chi connectivity index (χ2v) is 5.36. The van der Waals surface area contributed by atoms with Gasteiger partial charge < -0.3 is 5.32 Å². The lowest BCUT2D eigenvalue weighted by atomic mass is 10.1. The first-order valence-electron chi connectivity index (χ1n) is 6.63. The van der Waals surface area contributed by atoms with Gasteiger partial charge in [0.1, 0.15) is 11.6 Å². The van der Waals surface area contributed by atoms with Crippen molar-refractivity contribution in [3.05, 3.63) is 35.4 Å². The second kappa shape index (κ2) is 6.16. The normalized spacial score (nSPS) is 26.8. The zero-order valence-electron chi connectivity index (χ0n) is 10.7. The summed E-state index contributed by atoms with van der Waals surface area (Å²) in [4.78, 5) is 2.16. The van der Waals surface area contributed by atoms with E-state index in [1.807, 2.05) is 0 Å². The van der Waals surface area contributed by atoms with Gasteiger partial charge in [0, 0.05) is 37.3 Å². The van der Waals surface area contributed by atoms with Crippen LogP contribution in [0.2, 0.25) is 0 Å². The fourth-order valence-corrected chi connectivity index (χ4v) is 3.07. The predicted molar refractivity (Wildman–Crippen MR) is 73.4 cm³/mol. The van der Waals surface area contributed by atoms with Crippen LogP contribution in [0.15, 0.2) is 18.2 Å². The maximum absolute atomic E-state index is 13.6. The molecule has 0 saturated carbocycles. The molecule has 5 heteroatoms. The summed E-state index contributed by atoms with van der Waals surface area (Å²) < 4.78 is 27.2. The lowest BCUT2D eigenvalue weighted by Gasteiger charge is -2.24. The van der Waals surface area contributed by atoms with Crippen LogP contribution >= 0.6 is 12.4 Å². The van der Waals surface area contributed by atoms with E-state index in [9.17, 15) is 8.78 Å². The van der Waals surface area contributed by atoms with Crippen molar-refractivity contribution in [2.75, 3.05) is 13.1 Å². The Morgan fingerprint density at radius 1 is 1.11 bits per heavy atom. The minimum atomic E-state index is -0.433. The van der Waals surface area contributed by atoms with Crippen molar-refractivity contribution in [1.29, 1.82) is 0 Å². The van der Waals surface area contributed by atoms with Gasteiger partial charge in [-0.2, -0.15) is 0 Å². The lowest BCUT2D eigenvalue weighted by molar-refractivity contribution is 0.244. The molecule has 0 aliphatic carbocycles. The summed E-state index contributed by atoms with van der Waals surface area (Å²) in [5.74, 6) is -0.866. The van der Waals surface area contributed by atoms with Crippen molar-refractivity contribution in [2.24, 2.45) is 0 Å². The van der Waals surface area contributed by atoms with E-state index in [0.717, 1.165) is 19.5 Å². The molecule has 2 unspecified atom stereocenters. The van der Waals surface area contributed by atoms with Crippen LogP contribution in [0, 0.1) is 11.6 Å². The molecule has 0 radical (unpaired) electrons. The van der Waals surface area contributed by atoms with Crippen LogP contribution < -0.4 is 5.32 Å². The van der Waals surface area contributed by atoms with Gasteiger partial charge in [-0.3, -0.25) is 4.90 Å². The van der Waals surface area contributed by atoms with Crippen LogP contribution in [-0.4, -0.2) is 30.1 Å². The Labute approximate surface area is 118 Å². The molecule has 2 aliphatic heterocycles. The number of rotatable bonds is 2. The molecule has 2 saturated heterocycles. The van der Waals surface area contributed by atoms with Crippen molar-refractivity contribution in [1.82, 2.24) is 10.2 Å². The molecule has 19 heavy (non-hydrogen) atoms. The molecule has 2 nitrogen and oxygen atoms in total. The molecule has 2 aliphatic rings. The minimum Gasteiger partial charge on any atom is -0.310 e. The van der Waals surface area contributed by atoms with Gasteiger partial charge >= 0.3 is 0 Å². The Kier molecular flexibility index (Phi) is 4.76. The predicted octanol–water partition coefficient (Wildman–Crippen LogP) is 2.71. The molecule has 1 N–H and O–H groups in total. The Balaban J connectivity index is 0.00000133. The Morgan fingerprint density at radius 2 is 1.79 bits per heavy atom. The van der Waals surface area contributed by atoms with Crippen LogP contribution in [0.4, 0.5) is 8.78 Å². The maximum Gasteiger partial charge on any atom is 0.130 e. The summed E-state index contributed by atoms with van der Waals surface area (Å²) in [6, 6.07) is 5.18. The number of fused-ring (bicyclic) bond motifs is 2. The lowest BCUT2D eigenvalue weighted by Crippen LogP contribution is -2.35. The van der Waals surface area contributed by atoms with Crippen molar-refractivity contribution < 1.29 is 8.78 Å². The SMILES string of the molecule is Cl.Fc1cccc(F)c1CN1CCC2CCC(C1)N2. The Morgan fingerprint density at radius 3 is 2.53 bits per heavy atom. The summed E-state index contributed by atoms with van der Waals surface area (Å²) in [5.41, 5.74) is 0.204. The first-order valence-corrected chi connectivity index (χ1v) is 6.63. The van der Waals surface area contributed by atoms with E-state index in [4.69, 9.17) is 0 Å².